The normalized spacial score (nSPS) is 15.0. The third-order valence-corrected chi connectivity index (χ3v) is 7.77. The second-order valence-corrected chi connectivity index (χ2v) is 10.1. The van der Waals surface area contributed by atoms with Gasteiger partial charge in [0.2, 0.25) is 0 Å². The first kappa shape index (κ1) is 17.4. The van der Waals surface area contributed by atoms with Gasteiger partial charge in [0, 0.05) is 6.16 Å². The predicted octanol–water partition coefficient (Wildman–Crippen LogP) is 0.0159. The van der Waals surface area contributed by atoms with E-state index >= 15 is 0 Å². The molecule has 0 rings (SSSR count). The molecule has 0 fully saturated rings. The van der Waals surface area contributed by atoms with Gasteiger partial charge in [0.15, 0.2) is 4.90 Å². The summed E-state index contributed by atoms with van der Waals surface area (Å²) in [6.45, 7) is 0.703. The van der Waals surface area contributed by atoms with Gasteiger partial charge in [-0.25, -0.2) is 0 Å². The third-order valence-electron chi connectivity index (χ3n) is 2.35. The number of hydrogen-bond acceptors (Lipinski definition) is 3. The van der Waals surface area contributed by atoms with Crippen LogP contribution in [-0.4, -0.2) is 40.4 Å². The lowest BCUT2D eigenvalue weighted by Gasteiger charge is -2.30. The Bertz CT molecular complexity index is 377. The van der Waals surface area contributed by atoms with Gasteiger partial charge in [-0.15, -0.1) is 0 Å². The van der Waals surface area contributed by atoms with Gasteiger partial charge in [-0.05, 0) is 19.8 Å². The van der Waals surface area contributed by atoms with Crippen LogP contribution >= 0.6 is 22.8 Å². The zero-order valence-corrected chi connectivity index (χ0v) is 11.6. The lowest BCUT2D eigenvalue weighted by atomic mass is 10.3. The highest BCUT2D eigenvalue weighted by Gasteiger charge is 2.55. The van der Waals surface area contributed by atoms with Gasteiger partial charge >= 0.3 is 22.8 Å². The molecule has 0 aromatic carbocycles. The first-order valence-electron chi connectivity index (χ1n) is 4.36. The minimum atomic E-state index is -5.11. The molecule has 0 radical (unpaired) electrons. The summed E-state index contributed by atoms with van der Waals surface area (Å²) in [6, 6.07) is 0. The smallest absolute Gasteiger partial charge is 0.324 e. The van der Waals surface area contributed by atoms with Crippen molar-refractivity contribution in [3.05, 3.63) is 0 Å². The summed E-state index contributed by atoms with van der Waals surface area (Å²) in [5.41, 5.74) is 0. The molecule has 0 atom stereocenters. The minimum absolute atomic E-state index is 0.406. The Balaban J connectivity index is 4.97. The highest BCUT2D eigenvalue weighted by Crippen LogP contribution is 2.70. The molecule has 104 valence electrons. The Hall–Kier alpha value is 0.450. The summed E-state index contributed by atoms with van der Waals surface area (Å²) < 4.78 is 32.6. The first-order chi connectivity index (χ1) is 7.21. The monoisotopic (exact) mass is 312 g/mol. The van der Waals surface area contributed by atoms with Crippen molar-refractivity contribution in [1.29, 1.82) is 0 Å². The van der Waals surface area contributed by atoms with E-state index in [9.17, 15) is 13.7 Å². The van der Waals surface area contributed by atoms with Crippen LogP contribution in [0.5, 0.6) is 0 Å². The molecule has 0 aliphatic carbocycles. The predicted molar refractivity (Wildman–Crippen MR) is 58.6 cm³/mol. The Labute approximate surface area is 97.4 Å². The maximum Gasteiger partial charge on any atom is 0.343 e. The van der Waals surface area contributed by atoms with Crippen LogP contribution in [0.25, 0.3) is 0 Å². The largest absolute Gasteiger partial charge is 0.343 e. The molecule has 12 heteroatoms. The number of rotatable bonds is 6. The van der Waals surface area contributed by atoms with E-state index < -0.39 is 46.7 Å². The summed E-state index contributed by atoms with van der Waals surface area (Å²) in [5, 5.41) is 0. The molecule has 0 heterocycles. The fourth-order valence-corrected chi connectivity index (χ4v) is 3.91. The van der Waals surface area contributed by atoms with E-state index in [1.807, 2.05) is 0 Å². The van der Waals surface area contributed by atoms with Crippen molar-refractivity contribution in [2.45, 2.75) is 24.7 Å². The highest BCUT2D eigenvalue weighted by atomic mass is 31.2. The van der Waals surface area contributed by atoms with E-state index in [4.69, 9.17) is 29.4 Å². The summed E-state index contributed by atoms with van der Waals surface area (Å²) in [5.74, 6) is 0. The van der Waals surface area contributed by atoms with Crippen LogP contribution in [0.2, 0.25) is 0 Å². The molecule has 0 aromatic rings. The van der Waals surface area contributed by atoms with Crippen molar-refractivity contribution >= 4 is 22.8 Å². The molecule has 0 unspecified atom stereocenters. The number of hydrogen-bond donors (Lipinski definition) is 6. The summed E-state index contributed by atoms with van der Waals surface area (Å²) >= 11 is 0. The average Bonchev–Trinajstić information content (AvgIpc) is 1.96. The zero-order chi connectivity index (χ0) is 14.1. The van der Waals surface area contributed by atoms with Crippen LogP contribution in [0.1, 0.15) is 19.8 Å². The standard InChI is InChI=1S/C5H15O9P3/c1-5(16(9,10)11,17(12,13)14)3-2-4-15(6,7)8/h2-4H2,1H3,(H2,6,7,8)(H2,9,10,11)(H2,12,13,14). The molecule has 0 spiro atoms. The molecule has 9 nitrogen and oxygen atoms in total. The Morgan fingerprint density at radius 3 is 1.47 bits per heavy atom. The van der Waals surface area contributed by atoms with Crippen LogP contribution < -0.4 is 0 Å². The lowest BCUT2D eigenvalue weighted by Crippen LogP contribution is -2.25. The zero-order valence-electron chi connectivity index (χ0n) is 8.87. The SMILES string of the molecule is CC(CCCP(=O)(O)O)(P(=O)(O)O)P(=O)(O)O. The van der Waals surface area contributed by atoms with Crippen molar-refractivity contribution in [3.63, 3.8) is 0 Å². The van der Waals surface area contributed by atoms with Gasteiger partial charge in [0.1, 0.15) is 0 Å². The second-order valence-electron chi connectivity index (χ2n) is 3.80. The molecule has 17 heavy (non-hydrogen) atoms. The molecule has 0 bridgehead atoms. The van der Waals surface area contributed by atoms with Gasteiger partial charge in [-0.1, -0.05) is 0 Å². The average molecular weight is 312 g/mol. The van der Waals surface area contributed by atoms with Crippen molar-refractivity contribution in [3.8, 4) is 0 Å². The Morgan fingerprint density at radius 2 is 1.24 bits per heavy atom. The molecule has 0 saturated carbocycles. The van der Waals surface area contributed by atoms with Gasteiger partial charge in [-0.2, -0.15) is 0 Å². The van der Waals surface area contributed by atoms with Crippen LogP contribution in [0.3, 0.4) is 0 Å². The van der Waals surface area contributed by atoms with E-state index in [0.717, 1.165) is 0 Å². The molecule has 0 aliphatic heterocycles. The summed E-state index contributed by atoms with van der Waals surface area (Å²) in [6.07, 6.45) is -1.79. The quantitative estimate of drug-likeness (QED) is 0.369. The van der Waals surface area contributed by atoms with Gasteiger partial charge in [-0.3, -0.25) is 13.7 Å². The molecular formula is C5H15O9P3. The summed E-state index contributed by atoms with van der Waals surface area (Å²) in [4.78, 5) is 50.2. The molecule has 0 saturated heterocycles. The van der Waals surface area contributed by atoms with E-state index in [1.165, 1.54) is 0 Å². The van der Waals surface area contributed by atoms with Crippen molar-refractivity contribution < 1.29 is 43.1 Å². The molecule has 0 aromatic heterocycles. The maximum atomic E-state index is 11.1. The van der Waals surface area contributed by atoms with E-state index in [0.29, 0.717) is 6.92 Å². The fourth-order valence-electron chi connectivity index (χ4n) is 1.08. The van der Waals surface area contributed by atoms with Crippen LogP contribution in [0, 0.1) is 0 Å². The van der Waals surface area contributed by atoms with Crippen LogP contribution in [0.4, 0.5) is 0 Å². The van der Waals surface area contributed by atoms with Gasteiger partial charge < -0.3 is 29.4 Å². The molecule has 0 aliphatic rings. The first-order valence-corrected chi connectivity index (χ1v) is 9.39. The van der Waals surface area contributed by atoms with Crippen molar-refractivity contribution in [2.75, 3.05) is 6.16 Å². The van der Waals surface area contributed by atoms with Gasteiger partial charge in [0.25, 0.3) is 0 Å². The molecule has 6 N–H and O–H groups in total. The topological polar surface area (TPSA) is 173 Å². The van der Waals surface area contributed by atoms with Crippen LogP contribution in [0.15, 0.2) is 0 Å². The minimum Gasteiger partial charge on any atom is -0.324 e. The van der Waals surface area contributed by atoms with E-state index in [1.54, 1.807) is 0 Å². The van der Waals surface area contributed by atoms with Gasteiger partial charge in [0.05, 0.1) is 0 Å². The van der Waals surface area contributed by atoms with Crippen molar-refractivity contribution in [1.82, 2.24) is 0 Å². The lowest BCUT2D eigenvalue weighted by molar-refractivity contribution is 0.305. The van der Waals surface area contributed by atoms with E-state index in [2.05, 4.69) is 0 Å². The second kappa shape index (κ2) is 5.21. The molecule has 0 amide bonds. The van der Waals surface area contributed by atoms with E-state index in [-0.39, 0.29) is 0 Å². The third kappa shape index (κ3) is 4.91. The fraction of sp³-hybridized carbons (Fsp3) is 1.00. The van der Waals surface area contributed by atoms with Crippen molar-refractivity contribution in [2.24, 2.45) is 0 Å². The Morgan fingerprint density at radius 1 is 0.882 bits per heavy atom. The summed E-state index contributed by atoms with van der Waals surface area (Å²) in [7, 11) is -14.6. The molecular weight excluding hydrogens is 297 g/mol. The highest BCUT2D eigenvalue weighted by molar-refractivity contribution is 7.72. The Kier molecular flexibility index (Phi) is 5.35. The van der Waals surface area contributed by atoms with Crippen LogP contribution in [-0.2, 0) is 13.7 Å². The maximum absolute atomic E-state index is 11.1.